The van der Waals surface area contributed by atoms with E-state index in [1.54, 1.807) is 11.3 Å². The second-order valence-corrected chi connectivity index (χ2v) is 8.36. The molecule has 2 aromatic heterocycles. The van der Waals surface area contributed by atoms with Crippen LogP contribution >= 0.6 is 23.1 Å². The first-order valence-electron chi connectivity index (χ1n) is 8.38. The van der Waals surface area contributed by atoms with E-state index in [4.69, 9.17) is 0 Å². The van der Waals surface area contributed by atoms with Gasteiger partial charge in [0.15, 0.2) is 0 Å². The monoisotopic (exact) mass is 365 g/mol. The molecule has 1 fully saturated rings. The van der Waals surface area contributed by atoms with Crippen molar-refractivity contribution < 1.29 is 4.79 Å². The van der Waals surface area contributed by atoms with E-state index >= 15 is 0 Å². The molecule has 2 aromatic rings. The van der Waals surface area contributed by atoms with Crippen molar-refractivity contribution >= 4 is 29.0 Å². The van der Waals surface area contributed by atoms with Crippen LogP contribution in [0, 0.1) is 5.92 Å². The summed E-state index contributed by atoms with van der Waals surface area (Å²) in [5, 5.41) is 17.9. The van der Waals surface area contributed by atoms with Crippen LogP contribution in [0.4, 0.5) is 0 Å². The Labute approximate surface area is 150 Å². The lowest BCUT2D eigenvalue weighted by Crippen LogP contribution is -2.32. The Morgan fingerprint density at radius 3 is 2.92 bits per heavy atom. The van der Waals surface area contributed by atoms with Crippen molar-refractivity contribution in [3.63, 3.8) is 0 Å². The number of nitrogens with zero attached hydrogens (tertiary/aromatic N) is 4. The van der Waals surface area contributed by atoms with Gasteiger partial charge in [0.05, 0.1) is 17.8 Å². The Morgan fingerprint density at radius 2 is 2.25 bits per heavy atom. The van der Waals surface area contributed by atoms with E-state index in [1.165, 1.54) is 29.5 Å². The molecule has 6 nitrogen and oxygen atoms in total. The SMILES string of the molecule is CC(C)[C@@H](NC(=O)CSc1nnnn1C1CCCC1)c1cccs1. The van der Waals surface area contributed by atoms with Gasteiger partial charge in [0.1, 0.15) is 0 Å². The number of tetrazole rings is 1. The van der Waals surface area contributed by atoms with Crippen LogP contribution < -0.4 is 5.32 Å². The van der Waals surface area contributed by atoms with E-state index in [2.05, 4.69) is 40.8 Å². The van der Waals surface area contributed by atoms with Gasteiger partial charge in [0.2, 0.25) is 11.1 Å². The van der Waals surface area contributed by atoms with Crippen LogP contribution in [0.15, 0.2) is 22.7 Å². The zero-order valence-electron chi connectivity index (χ0n) is 14.0. The van der Waals surface area contributed by atoms with E-state index in [0.29, 0.717) is 17.7 Å². The number of hydrogen-bond donors (Lipinski definition) is 1. The molecule has 1 atom stereocenters. The molecular formula is C16H23N5OS2. The van der Waals surface area contributed by atoms with E-state index < -0.39 is 0 Å². The number of nitrogens with one attached hydrogen (secondary N) is 1. The maximum Gasteiger partial charge on any atom is 0.230 e. The van der Waals surface area contributed by atoms with Crippen LogP contribution in [-0.2, 0) is 4.79 Å². The zero-order chi connectivity index (χ0) is 16.9. The van der Waals surface area contributed by atoms with Gasteiger partial charge in [-0.15, -0.1) is 16.4 Å². The fourth-order valence-corrected chi connectivity index (χ4v) is 4.74. The molecule has 1 amide bonds. The molecule has 0 aliphatic heterocycles. The van der Waals surface area contributed by atoms with Gasteiger partial charge >= 0.3 is 0 Å². The van der Waals surface area contributed by atoms with E-state index in [-0.39, 0.29) is 11.9 Å². The Hall–Kier alpha value is -1.41. The van der Waals surface area contributed by atoms with Crippen LogP contribution in [-0.4, -0.2) is 31.9 Å². The summed E-state index contributed by atoms with van der Waals surface area (Å²) >= 11 is 3.10. The summed E-state index contributed by atoms with van der Waals surface area (Å²) in [5.41, 5.74) is 0. The van der Waals surface area contributed by atoms with Crippen molar-refractivity contribution in [1.29, 1.82) is 0 Å². The lowest BCUT2D eigenvalue weighted by atomic mass is 10.0. The second kappa shape index (κ2) is 8.11. The van der Waals surface area contributed by atoms with Gasteiger partial charge in [-0.05, 0) is 40.6 Å². The lowest BCUT2D eigenvalue weighted by Gasteiger charge is -2.21. The molecule has 0 saturated heterocycles. The quantitative estimate of drug-likeness (QED) is 0.761. The molecule has 1 N–H and O–H groups in total. The van der Waals surface area contributed by atoms with Crippen LogP contribution in [0.3, 0.4) is 0 Å². The summed E-state index contributed by atoms with van der Waals surface area (Å²) in [7, 11) is 0. The van der Waals surface area contributed by atoms with Crippen LogP contribution in [0.5, 0.6) is 0 Å². The molecule has 3 rings (SSSR count). The van der Waals surface area contributed by atoms with Gasteiger partial charge in [0, 0.05) is 4.88 Å². The molecule has 2 heterocycles. The summed E-state index contributed by atoms with van der Waals surface area (Å²) in [5.74, 6) is 0.705. The Bertz CT molecular complexity index is 649. The summed E-state index contributed by atoms with van der Waals surface area (Å²) in [6.07, 6.45) is 4.70. The molecule has 0 bridgehead atoms. The third kappa shape index (κ3) is 4.16. The van der Waals surface area contributed by atoms with Crippen LogP contribution in [0.2, 0.25) is 0 Å². The Morgan fingerprint density at radius 1 is 1.46 bits per heavy atom. The number of thiophene rings is 1. The van der Waals surface area contributed by atoms with E-state index in [9.17, 15) is 4.79 Å². The number of amides is 1. The van der Waals surface area contributed by atoms with Gasteiger partial charge in [-0.2, -0.15) is 0 Å². The topological polar surface area (TPSA) is 72.7 Å². The highest BCUT2D eigenvalue weighted by Gasteiger charge is 2.23. The Balaban J connectivity index is 1.57. The van der Waals surface area contributed by atoms with Crippen molar-refractivity contribution in [2.75, 3.05) is 5.75 Å². The van der Waals surface area contributed by atoms with Crippen molar-refractivity contribution in [3.8, 4) is 0 Å². The predicted molar refractivity (Wildman–Crippen MR) is 96.1 cm³/mol. The van der Waals surface area contributed by atoms with Gasteiger partial charge in [-0.25, -0.2) is 4.68 Å². The standard InChI is InChI=1S/C16H23N5OS2/c1-11(2)15(13-8-5-9-23-13)17-14(22)10-24-16-18-19-20-21(16)12-6-3-4-7-12/h5,8-9,11-12,15H,3-4,6-7,10H2,1-2H3,(H,17,22)/t15-/m1/s1. The Kier molecular flexibility index (Phi) is 5.89. The summed E-state index contributed by atoms with van der Waals surface area (Å²) in [6.45, 7) is 4.25. The third-order valence-electron chi connectivity index (χ3n) is 4.30. The molecule has 0 spiro atoms. The summed E-state index contributed by atoms with van der Waals surface area (Å²) in [4.78, 5) is 13.6. The molecule has 1 saturated carbocycles. The summed E-state index contributed by atoms with van der Waals surface area (Å²) < 4.78 is 1.89. The first-order chi connectivity index (χ1) is 11.6. The number of carbonyl (C=O) groups is 1. The fourth-order valence-electron chi connectivity index (χ4n) is 3.04. The third-order valence-corrected chi connectivity index (χ3v) is 6.19. The molecule has 0 radical (unpaired) electrons. The molecule has 8 heteroatoms. The first kappa shape index (κ1) is 17.4. The number of hydrogen-bond acceptors (Lipinski definition) is 6. The smallest absolute Gasteiger partial charge is 0.230 e. The molecule has 1 aliphatic rings. The second-order valence-electron chi connectivity index (χ2n) is 6.44. The van der Waals surface area contributed by atoms with Crippen molar-refractivity contribution in [2.45, 2.75) is 56.8 Å². The highest BCUT2D eigenvalue weighted by atomic mass is 32.2. The summed E-state index contributed by atoms with van der Waals surface area (Å²) in [6, 6.07) is 4.54. The maximum absolute atomic E-state index is 12.4. The number of carbonyl (C=O) groups excluding carboxylic acids is 1. The molecule has 1 aliphatic carbocycles. The number of rotatable bonds is 7. The molecular weight excluding hydrogens is 342 g/mol. The van der Waals surface area contributed by atoms with Crippen molar-refractivity contribution in [1.82, 2.24) is 25.5 Å². The minimum Gasteiger partial charge on any atom is -0.347 e. The minimum atomic E-state index is 0.0214. The van der Waals surface area contributed by atoms with Crippen molar-refractivity contribution in [3.05, 3.63) is 22.4 Å². The first-order valence-corrected chi connectivity index (χ1v) is 10.2. The average molecular weight is 366 g/mol. The van der Waals surface area contributed by atoms with Gasteiger partial charge in [-0.1, -0.05) is 44.5 Å². The van der Waals surface area contributed by atoms with Gasteiger partial charge in [0.25, 0.3) is 0 Å². The lowest BCUT2D eigenvalue weighted by molar-refractivity contribution is -0.119. The van der Waals surface area contributed by atoms with Crippen LogP contribution in [0.1, 0.15) is 56.5 Å². The van der Waals surface area contributed by atoms with Gasteiger partial charge in [-0.3, -0.25) is 4.79 Å². The van der Waals surface area contributed by atoms with Crippen LogP contribution in [0.25, 0.3) is 0 Å². The molecule has 130 valence electrons. The maximum atomic E-state index is 12.4. The highest BCUT2D eigenvalue weighted by Crippen LogP contribution is 2.31. The van der Waals surface area contributed by atoms with Gasteiger partial charge < -0.3 is 5.32 Å². The van der Waals surface area contributed by atoms with Crippen molar-refractivity contribution in [2.24, 2.45) is 5.92 Å². The number of thioether (sulfide) groups is 1. The number of aromatic nitrogens is 4. The van der Waals surface area contributed by atoms with E-state index in [1.807, 2.05) is 16.1 Å². The predicted octanol–water partition coefficient (Wildman–Crippen LogP) is 3.46. The molecule has 0 aromatic carbocycles. The molecule has 0 unspecified atom stereocenters. The fraction of sp³-hybridized carbons (Fsp3) is 0.625. The largest absolute Gasteiger partial charge is 0.347 e. The normalized spacial score (nSPS) is 16.6. The average Bonchev–Trinajstić information content (AvgIpc) is 3.32. The molecule has 24 heavy (non-hydrogen) atoms. The minimum absolute atomic E-state index is 0.0214. The van der Waals surface area contributed by atoms with E-state index in [0.717, 1.165) is 18.0 Å². The zero-order valence-corrected chi connectivity index (χ0v) is 15.6. The highest BCUT2D eigenvalue weighted by molar-refractivity contribution is 7.99.